The second-order valence-corrected chi connectivity index (χ2v) is 3.48. The van der Waals surface area contributed by atoms with Gasteiger partial charge in [-0.15, -0.1) is 0 Å². The number of furan rings is 1. The minimum absolute atomic E-state index is 0. The average Bonchev–Trinajstić information content (AvgIpc) is 3.15. The van der Waals surface area contributed by atoms with Gasteiger partial charge in [0.05, 0.1) is 24.9 Å². The van der Waals surface area contributed by atoms with Crippen LogP contribution >= 0.6 is 0 Å². The summed E-state index contributed by atoms with van der Waals surface area (Å²) >= 11 is 0. The Labute approximate surface area is 132 Å². The van der Waals surface area contributed by atoms with Crippen LogP contribution in [-0.2, 0) is 0 Å². The zero-order valence-electron chi connectivity index (χ0n) is 13.3. The highest BCUT2D eigenvalue weighted by Crippen LogP contribution is 2.17. The predicted molar refractivity (Wildman–Crippen MR) is 89.9 cm³/mol. The van der Waals surface area contributed by atoms with E-state index < -0.39 is 0 Å². The average molecular weight is 301 g/mol. The number of rotatable bonds is 3. The standard InChI is InChI=1S/C12H9N5O.2C2H6.H2/c1-2-10(18-5-1)9-6-16-12(8-15-9)17-11-7-13-3-4-14-11;2*1-2;/h1-8H,(H,14,16,17);2*1-2H3;1H. The molecule has 0 unspecified atom stereocenters. The largest absolute Gasteiger partial charge is 0.463 e. The van der Waals surface area contributed by atoms with Gasteiger partial charge in [0.2, 0.25) is 0 Å². The molecule has 6 nitrogen and oxygen atoms in total. The molecule has 3 aromatic rings. The molecule has 118 valence electrons. The van der Waals surface area contributed by atoms with Gasteiger partial charge in [-0.3, -0.25) is 4.98 Å². The molecule has 0 bridgehead atoms. The second-order valence-electron chi connectivity index (χ2n) is 3.48. The van der Waals surface area contributed by atoms with Crippen molar-refractivity contribution >= 4 is 11.6 Å². The normalized spacial score (nSPS) is 8.91. The van der Waals surface area contributed by atoms with Gasteiger partial charge in [-0.1, -0.05) is 27.7 Å². The third kappa shape index (κ3) is 4.97. The maximum Gasteiger partial charge on any atom is 0.153 e. The van der Waals surface area contributed by atoms with E-state index in [1.807, 2.05) is 39.8 Å². The highest BCUT2D eigenvalue weighted by molar-refractivity contribution is 5.54. The van der Waals surface area contributed by atoms with Crippen molar-refractivity contribution in [1.82, 2.24) is 19.9 Å². The maximum absolute atomic E-state index is 5.23. The predicted octanol–water partition coefficient (Wildman–Crippen LogP) is 4.57. The van der Waals surface area contributed by atoms with Crippen LogP contribution in [0.3, 0.4) is 0 Å². The zero-order valence-corrected chi connectivity index (χ0v) is 13.3. The lowest BCUT2D eigenvalue weighted by atomic mass is 10.3. The second kappa shape index (κ2) is 10.0. The van der Waals surface area contributed by atoms with E-state index in [4.69, 9.17) is 4.42 Å². The molecule has 0 aromatic carbocycles. The quantitative estimate of drug-likeness (QED) is 0.763. The molecule has 0 aliphatic heterocycles. The number of anilines is 2. The fourth-order valence-corrected chi connectivity index (χ4v) is 1.44. The molecule has 1 N–H and O–H groups in total. The van der Waals surface area contributed by atoms with Crippen LogP contribution in [0.2, 0.25) is 0 Å². The van der Waals surface area contributed by atoms with Crippen LogP contribution in [0.25, 0.3) is 11.5 Å². The monoisotopic (exact) mass is 301 g/mol. The van der Waals surface area contributed by atoms with Crippen molar-refractivity contribution in [2.75, 3.05) is 5.32 Å². The van der Waals surface area contributed by atoms with Crippen molar-refractivity contribution in [2.45, 2.75) is 27.7 Å². The molecule has 0 fully saturated rings. The lowest BCUT2D eigenvalue weighted by molar-refractivity contribution is 0.579. The van der Waals surface area contributed by atoms with Gasteiger partial charge in [0.25, 0.3) is 0 Å². The van der Waals surface area contributed by atoms with Gasteiger partial charge in [-0.25, -0.2) is 15.0 Å². The first-order chi connectivity index (χ1) is 10.9. The van der Waals surface area contributed by atoms with E-state index in [0.29, 0.717) is 23.1 Å². The Morgan fingerprint density at radius 3 is 2.23 bits per heavy atom. The van der Waals surface area contributed by atoms with Gasteiger partial charge < -0.3 is 9.73 Å². The minimum atomic E-state index is 0. The zero-order chi connectivity index (χ0) is 16.2. The first-order valence-corrected chi connectivity index (χ1v) is 7.31. The molecule has 22 heavy (non-hydrogen) atoms. The van der Waals surface area contributed by atoms with Gasteiger partial charge >= 0.3 is 0 Å². The Kier molecular flexibility index (Phi) is 7.89. The van der Waals surface area contributed by atoms with Crippen molar-refractivity contribution in [3.63, 3.8) is 0 Å². The summed E-state index contributed by atoms with van der Waals surface area (Å²) < 4.78 is 5.23. The van der Waals surface area contributed by atoms with E-state index in [2.05, 4.69) is 25.3 Å². The number of hydrogen-bond acceptors (Lipinski definition) is 6. The maximum atomic E-state index is 5.23. The van der Waals surface area contributed by atoms with Gasteiger partial charge in [-0.2, -0.15) is 0 Å². The van der Waals surface area contributed by atoms with Crippen LogP contribution in [0, 0.1) is 0 Å². The number of nitrogens with zero attached hydrogens (tertiary/aromatic N) is 4. The first kappa shape index (κ1) is 17.3. The van der Waals surface area contributed by atoms with E-state index in [1.54, 1.807) is 37.2 Å². The summed E-state index contributed by atoms with van der Waals surface area (Å²) in [6, 6.07) is 3.64. The summed E-state index contributed by atoms with van der Waals surface area (Å²) in [6.07, 6.45) is 9.68. The van der Waals surface area contributed by atoms with Crippen LogP contribution in [0.15, 0.2) is 53.8 Å². The summed E-state index contributed by atoms with van der Waals surface area (Å²) in [7, 11) is 0. The van der Waals surface area contributed by atoms with Crippen molar-refractivity contribution in [3.8, 4) is 11.5 Å². The number of nitrogens with one attached hydrogen (secondary N) is 1. The van der Waals surface area contributed by atoms with E-state index in [9.17, 15) is 0 Å². The molecular weight excluding hydrogens is 278 g/mol. The summed E-state index contributed by atoms with van der Waals surface area (Å²) in [5.41, 5.74) is 0.685. The molecule has 6 heteroatoms. The highest BCUT2D eigenvalue weighted by Gasteiger charge is 2.03. The van der Waals surface area contributed by atoms with Crippen molar-refractivity contribution in [3.05, 3.63) is 49.4 Å². The Hall–Kier alpha value is -2.76. The van der Waals surface area contributed by atoms with E-state index in [0.717, 1.165) is 0 Å². The van der Waals surface area contributed by atoms with Gasteiger partial charge in [0, 0.05) is 13.8 Å². The summed E-state index contributed by atoms with van der Waals surface area (Å²) in [5, 5.41) is 3.00. The van der Waals surface area contributed by atoms with Gasteiger partial charge in [0.1, 0.15) is 17.3 Å². The Balaban J connectivity index is 0.000000901. The minimum Gasteiger partial charge on any atom is -0.463 e. The Morgan fingerprint density at radius 2 is 1.68 bits per heavy atom. The van der Waals surface area contributed by atoms with Gasteiger partial charge in [-0.05, 0) is 12.1 Å². The van der Waals surface area contributed by atoms with Crippen LogP contribution in [0.1, 0.15) is 29.1 Å². The van der Waals surface area contributed by atoms with Crippen molar-refractivity contribution in [1.29, 1.82) is 0 Å². The lowest BCUT2D eigenvalue weighted by Gasteiger charge is -2.03. The molecule has 3 aromatic heterocycles. The number of aromatic nitrogens is 4. The SMILES string of the molecule is CC.CC.[HH].c1coc(-c2cnc(Nc3cnccn3)cn2)c1. The third-order valence-corrected chi connectivity index (χ3v) is 2.24. The molecule has 0 saturated heterocycles. The van der Waals surface area contributed by atoms with Crippen LogP contribution in [0.5, 0.6) is 0 Å². The molecule has 3 heterocycles. The smallest absolute Gasteiger partial charge is 0.153 e. The fourth-order valence-electron chi connectivity index (χ4n) is 1.44. The van der Waals surface area contributed by atoms with Crippen LogP contribution in [-0.4, -0.2) is 19.9 Å². The summed E-state index contributed by atoms with van der Waals surface area (Å²) in [4.78, 5) is 16.5. The molecule has 3 rings (SSSR count). The summed E-state index contributed by atoms with van der Waals surface area (Å²) in [6.45, 7) is 8.00. The molecule has 0 amide bonds. The molecule has 0 atom stereocenters. The lowest BCUT2D eigenvalue weighted by Crippen LogP contribution is -1.97. The van der Waals surface area contributed by atoms with Crippen LogP contribution in [0.4, 0.5) is 11.6 Å². The third-order valence-electron chi connectivity index (χ3n) is 2.24. The number of hydrogen-bond donors (Lipinski definition) is 1. The summed E-state index contributed by atoms with van der Waals surface area (Å²) in [5.74, 6) is 1.91. The van der Waals surface area contributed by atoms with Crippen LogP contribution < -0.4 is 5.32 Å². The van der Waals surface area contributed by atoms with Crippen molar-refractivity contribution < 1.29 is 5.84 Å². The molecular formula is C16H23N5O. The van der Waals surface area contributed by atoms with E-state index in [1.165, 1.54) is 0 Å². The molecule has 0 saturated carbocycles. The molecule has 0 aliphatic carbocycles. The first-order valence-electron chi connectivity index (χ1n) is 7.31. The van der Waals surface area contributed by atoms with E-state index >= 15 is 0 Å². The molecule has 0 radical (unpaired) electrons. The molecule has 0 spiro atoms. The van der Waals surface area contributed by atoms with E-state index in [-0.39, 0.29) is 1.43 Å². The Morgan fingerprint density at radius 1 is 0.909 bits per heavy atom. The molecule has 0 aliphatic rings. The Bertz CT molecular complexity index is 615. The van der Waals surface area contributed by atoms with Crippen molar-refractivity contribution in [2.24, 2.45) is 0 Å². The highest BCUT2D eigenvalue weighted by atomic mass is 16.3. The fraction of sp³-hybridized carbons (Fsp3) is 0.250. The van der Waals surface area contributed by atoms with Gasteiger partial charge in [0.15, 0.2) is 5.76 Å². The topological polar surface area (TPSA) is 76.7 Å².